The molecule has 0 radical (unpaired) electrons. The molecule has 0 bridgehead atoms. The van der Waals surface area contributed by atoms with E-state index >= 15 is 0 Å². The van der Waals surface area contributed by atoms with Crippen LogP contribution in [0.1, 0.15) is 25.0 Å². The summed E-state index contributed by atoms with van der Waals surface area (Å²) < 4.78 is 49.4. The number of aromatic nitrogens is 2. The number of aliphatic imine (C=N–C) groups is 1. The summed E-state index contributed by atoms with van der Waals surface area (Å²) in [5, 5.41) is 2.87. The number of aryl methyl sites for hydroxylation is 1. The van der Waals surface area contributed by atoms with Crippen LogP contribution in [0.3, 0.4) is 0 Å². The number of amides is 1. The third kappa shape index (κ3) is 6.58. The van der Waals surface area contributed by atoms with E-state index in [1.807, 2.05) is 0 Å². The first-order valence-electron chi connectivity index (χ1n) is 11.8. The number of ether oxygens (including phenoxy) is 1. The van der Waals surface area contributed by atoms with Crippen LogP contribution in [0.4, 0.5) is 4.39 Å². The SMILES string of the molecule is C=N/C(OC)=C(/C=C(\C)c1ccc2ncn(C[C@@H](C)C(=O)NC)c(=O)c2c1)NS(=O)(=O)c1cc(C)ccc1F. The monoisotopic (exact) mass is 555 g/mol. The minimum absolute atomic E-state index is 0.0889. The van der Waals surface area contributed by atoms with Crippen molar-refractivity contribution in [3.63, 3.8) is 0 Å². The van der Waals surface area contributed by atoms with Crippen molar-refractivity contribution in [3.8, 4) is 0 Å². The van der Waals surface area contributed by atoms with E-state index in [9.17, 15) is 22.4 Å². The molecule has 1 atom stereocenters. The fourth-order valence-corrected chi connectivity index (χ4v) is 5.08. The number of rotatable bonds is 10. The van der Waals surface area contributed by atoms with Gasteiger partial charge in [0.2, 0.25) is 11.8 Å². The van der Waals surface area contributed by atoms with Gasteiger partial charge >= 0.3 is 0 Å². The molecule has 0 aliphatic rings. The molecular weight excluding hydrogens is 525 g/mol. The maximum Gasteiger partial charge on any atom is 0.265 e. The van der Waals surface area contributed by atoms with Crippen LogP contribution in [-0.4, -0.2) is 44.8 Å². The standard InChI is InChI=1S/C27H30FN5O5S/c1-16-7-9-21(28)24(11-16)39(36,37)32-23(26(30-5)38-6)12-17(2)19-8-10-22-20(13-19)27(35)33(15-31-22)14-18(3)25(34)29-4/h7-13,15,18,32H,5,14H2,1-4,6H3,(H,29,34)/b17-12+,26-23+/t18-/m1/s1. The Morgan fingerprint density at radius 2 is 2.00 bits per heavy atom. The molecule has 39 heavy (non-hydrogen) atoms. The summed E-state index contributed by atoms with van der Waals surface area (Å²) in [4.78, 5) is 32.6. The van der Waals surface area contributed by atoms with E-state index < -0.39 is 26.7 Å². The smallest absolute Gasteiger partial charge is 0.265 e. The summed E-state index contributed by atoms with van der Waals surface area (Å²) in [6, 6.07) is 8.75. The van der Waals surface area contributed by atoms with Gasteiger partial charge in [-0.15, -0.1) is 0 Å². The van der Waals surface area contributed by atoms with Gasteiger partial charge in [-0.3, -0.25) is 18.9 Å². The van der Waals surface area contributed by atoms with Gasteiger partial charge in [0.05, 0.1) is 30.3 Å². The molecule has 1 aromatic heterocycles. The van der Waals surface area contributed by atoms with Gasteiger partial charge in [0.25, 0.3) is 15.6 Å². The van der Waals surface area contributed by atoms with E-state index in [2.05, 4.69) is 26.7 Å². The lowest BCUT2D eigenvalue weighted by molar-refractivity contribution is -0.124. The van der Waals surface area contributed by atoms with Crippen molar-refractivity contribution in [1.82, 2.24) is 19.6 Å². The Morgan fingerprint density at radius 3 is 2.64 bits per heavy atom. The van der Waals surface area contributed by atoms with Gasteiger partial charge in [0.15, 0.2) is 0 Å². The normalized spacial score (nSPS) is 13.4. The van der Waals surface area contributed by atoms with E-state index in [0.717, 1.165) is 6.07 Å². The molecule has 3 rings (SSSR count). The predicted molar refractivity (Wildman–Crippen MR) is 148 cm³/mol. The molecule has 1 amide bonds. The summed E-state index contributed by atoms with van der Waals surface area (Å²) in [5.74, 6) is -1.71. The number of allylic oxidation sites excluding steroid dienone is 2. The number of nitrogens with one attached hydrogen (secondary N) is 2. The zero-order chi connectivity index (χ0) is 28.9. The van der Waals surface area contributed by atoms with E-state index in [1.165, 1.54) is 43.3 Å². The number of fused-ring (bicyclic) bond motifs is 1. The molecule has 0 unspecified atom stereocenters. The Hall–Kier alpha value is -4.32. The molecule has 0 fully saturated rings. The van der Waals surface area contributed by atoms with Crippen LogP contribution in [0.25, 0.3) is 16.5 Å². The molecule has 2 aromatic carbocycles. The first-order valence-corrected chi connectivity index (χ1v) is 13.3. The minimum atomic E-state index is -4.36. The highest BCUT2D eigenvalue weighted by molar-refractivity contribution is 7.89. The molecule has 12 heteroatoms. The Morgan fingerprint density at radius 1 is 1.28 bits per heavy atom. The van der Waals surface area contributed by atoms with Crippen LogP contribution in [-0.2, 0) is 26.1 Å². The molecule has 0 saturated carbocycles. The second-order valence-electron chi connectivity index (χ2n) is 8.90. The summed E-state index contributed by atoms with van der Waals surface area (Å²) in [6.45, 7) is 8.61. The van der Waals surface area contributed by atoms with Gasteiger partial charge in [-0.25, -0.2) is 22.8 Å². The van der Waals surface area contributed by atoms with Crippen LogP contribution in [0.15, 0.2) is 75.1 Å². The van der Waals surface area contributed by atoms with Gasteiger partial charge in [0.1, 0.15) is 16.4 Å². The molecule has 10 nitrogen and oxygen atoms in total. The number of carbonyl (C=O) groups is 1. The van der Waals surface area contributed by atoms with E-state index in [-0.39, 0.29) is 29.6 Å². The highest BCUT2D eigenvalue weighted by Gasteiger charge is 2.22. The number of halogens is 1. The van der Waals surface area contributed by atoms with Crippen molar-refractivity contribution >= 4 is 39.1 Å². The number of carbonyl (C=O) groups excluding carboxylic acids is 1. The third-order valence-corrected chi connectivity index (χ3v) is 7.37. The number of methoxy groups -OCH3 is 1. The first-order chi connectivity index (χ1) is 18.4. The largest absolute Gasteiger partial charge is 0.480 e. The topological polar surface area (TPSA) is 132 Å². The maximum absolute atomic E-state index is 14.4. The molecule has 0 spiro atoms. The van der Waals surface area contributed by atoms with Gasteiger partial charge < -0.3 is 10.1 Å². The van der Waals surface area contributed by atoms with Crippen LogP contribution in [0.2, 0.25) is 0 Å². The minimum Gasteiger partial charge on any atom is -0.480 e. The highest BCUT2D eigenvalue weighted by atomic mass is 32.2. The molecule has 3 aromatic rings. The Bertz CT molecular complexity index is 1660. The summed E-state index contributed by atoms with van der Waals surface area (Å²) >= 11 is 0. The lowest BCUT2D eigenvalue weighted by atomic mass is 10.0. The van der Waals surface area contributed by atoms with Crippen molar-refractivity contribution < 1.29 is 22.3 Å². The van der Waals surface area contributed by atoms with Crippen LogP contribution in [0.5, 0.6) is 0 Å². The van der Waals surface area contributed by atoms with Crippen LogP contribution >= 0.6 is 0 Å². The van der Waals surface area contributed by atoms with Crippen molar-refractivity contribution in [1.29, 1.82) is 0 Å². The average Bonchev–Trinajstić information content (AvgIpc) is 2.91. The summed E-state index contributed by atoms with van der Waals surface area (Å²) in [6.07, 6.45) is 2.84. The molecular formula is C27H30FN5O5S. The molecule has 2 N–H and O–H groups in total. The maximum atomic E-state index is 14.4. The number of hydrogen-bond acceptors (Lipinski definition) is 7. The first kappa shape index (κ1) is 29.2. The van der Waals surface area contributed by atoms with E-state index in [1.54, 1.807) is 39.0 Å². The van der Waals surface area contributed by atoms with Crippen molar-refractivity contribution in [3.05, 3.63) is 87.7 Å². The number of sulfonamides is 1. The summed E-state index contributed by atoms with van der Waals surface area (Å²) in [7, 11) is -1.55. The Labute approximate surface area is 226 Å². The number of hydrogen-bond donors (Lipinski definition) is 2. The number of benzene rings is 2. The number of nitrogens with zero attached hydrogens (tertiary/aromatic N) is 3. The van der Waals surface area contributed by atoms with Crippen LogP contribution < -0.4 is 15.6 Å². The third-order valence-electron chi connectivity index (χ3n) is 5.99. The van der Waals surface area contributed by atoms with Crippen molar-refractivity contribution in [2.75, 3.05) is 14.2 Å². The van der Waals surface area contributed by atoms with E-state index in [4.69, 9.17) is 4.74 Å². The predicted octanol–water partition coefficient (Wildman–Crippen LogP) is 3.12. The fourth-order valence-electron chi connectivity index (χ4n) is 3.87. The Kier molecular flexibility index (Phi) is 9.02. The molecule has 0 saturated heterocycles. The highest BCUT2D eigenvalue weighted by Crippen LogP contribution is 2.23. The van der Waals surface area contributed by atoms with Gasteiger partial charge in [-0.05, 0) is 67.6 Å². The molecule has 1 heterocycles. The second kappa shape index (κ2) is 12.0. The lowest BCUT2D eigenvalue weighted by Gasteiger charge is -2.14. The molecule has 206 valence electrons. The zero-order valence-corrected chi connectivity index (χ0v) is 23.1. The average molecular weight is 556 g/mol. The summed E-state index contributed by atoms with van der Waals surface area (Å²) in [5.41, 5.74) is 1.71. The lowest BCUT2D eigenvalue weighted by Crippen LogP contribution is -2.32. The quantitative estimate of drug-likeness (QED) is 0.225. The van der Waals surface area contributed by atoms with Gasteiger partial charge in [0, 0.05) is 13.6 Å². The molecule has 0 aliphatic heterocycles. The van der Waals surface area contributed by atoms with Gasteiger partial charge in [-0.1, -0.05) is 19.1 Å². The molecule has 0 aliphatic carbocycles. The van der Waals surface area contributed by atoms with Gasteiger partial charge in [-0.2, -0.15) is 0 Å². The van der Waals surface area contributed by atoms with E-state index in [0.29, 0.717) is 27.6 Å². The van der Waals surface area contributed by atoms with Crippen molar-refractivity contribution in [2.24, 2.45) is 10.9 Å². The van der Waals surface area contributed by atoms with Crippen molar-refractivity contribution in [2.45, 2.75) is 32.2 Å². The fraction of sp³-hybridized carbons (Fsp3) is 0.259. The Balaban J connectivity index is 2.06. The zero-order valence-electron chi connectivity index (χ0n) is 22.3. The second-order valence-corrected chi connectivity index (χ2v) is 10.5. The van der Waals surface area contributed by atoms with Crippen LogP contribution in [0, 0.1) is 18.7 Å².